The molecule has 0 aliphatic carbocycles. The molecule has 0 radical (unpaired) electrons. The predicted molar refractivity (Wildman–Crippen MR) is 129 cm³/mol. The Morgan fingerprint density at radius 2 is 1.69 bits per heavy atom. The standard InChI is InChI=1S/C25H30N6O/c1-4-18-6-10-20(11-7-18)23-28-24(22-17-27-31(5-2)25(22)29-23)30(3)14-15-32-21-12-8-19(16-26)9-13-21/h6-13,17H,4-5,14-16,26H2,1-3H3. The summed E-state index contributed by atoms with van der Waals surface area (Å²) in [4.78, 5) is 11.9. The van der Waals surface area contributed by atoms with E-state index in [4.69, 9.17) is 20.4 Å². The molecule has 7 heteroatoms. The highest BCUT2D eigenvalue weighted by Gasteiger charge is 2.16. The molecule has 0 unspecified atom stereocenters. The summed E-state index contributed by atoms with van der Waals surface area (Å²) in [6, 6.07) is 16.3. The molecule has 7 nitrogen and oxygen atoms in total. The van der Waals surface area contributed by atoms with E-state index in [0.717, 1.165) is 46.7 Å². The molecule has 0 bridgehead atoms. The average Bonchev–Trinajstić information content (AvgIpc) is 3.27. The first-order chi connectivity index (χ1) is 15.6. The van der Waals surface area contributed by atoms with Crippen molar-refractivity contribution in [2.24, 2.45) is 5.73 Å². The van der Waals surface area contributed by atoms with Gasteiger partial charge in [0.15, 0.2) is 11.5 Å². The second kappa shape index (κ2) is 9.78. The zero-order valence-electron chi connectivity index (χ0n) is 19.0. The van der Waals surface area contributed by atoms with Gasteiger partial charge in [-0.3, -0.25) is 0 Å². The van der Waals surface area contributed by atoms with Crippen LogP contribution < -0.4 is 15.4 Å². The van der Waals surface area contributed by atoms with E-state index in [2.05, 4.69) is 48.1 Å². The number of rotatable bonds is 9. The molecule has 0 aliphatic heterocycles. The normalized spacial score (nSPS) is 11.1. The van der Waals surface area contributed by atoms with Gasteiger partial charge in [-0.15, -0.1) is 0 Å². The van der Waals surface area contributed by atoms with Gasteiger partial charge in [-0.05, 0) is 36.6 Å². The SMILES string of the molecule is CCc1ccc(-c2nc(N(C)CCOc3ccc(CN)cc3)c3cnn(CC)c3n2)cc1. The molecule has 2 aromatic carbocycles. The lowest BCUT2D eigenvalue weighted by atomic mass is 10.1. The van der Waals surface area contributed by atoms with E-state index in [1.165, 1.54) is 5.56 Å². The number of benzene rings is 2. The van der Waals surface area contributed by atoms with Gasteiger partial charge in [-0.2, -0.15) is 5.10 Å². The number of ether oxygens (including phenoxy) is 1. The summed E-state index contributed by atoms with van der Waals surface area (Å²) in [5.74, 6) is 2.39. The Hall–Kier alpha value is -3.45. The summed E-state index contributed by atoms with van der Waals surface area (Å²) in [6.45, 7) is 6.71. The number of anilines is 1. The summed E-state index contributed by atoms with van der Waals surface area (Å²) in [5.41, 5.74) is 9.89. The van der Waals surface area contributed by atoms with Crippen molar-refractivity contribution in [3.05, 3.63) is 65.9 Å². The lowest BCUT2D eigenvalue weighted by Gasteiger charge is -2.20. The topological polar surface area (TPSA) is 82.1 Å². The number of nitrogens with zero attached hydrogens (tertiary/aromatic N) is 5. The molecule has 4 aromatic rings. The number of hydrogen-bond donors (Lipinski definition) is 1. The van der Waals surface area contributed by atoms with Gasteiger partial charge in [0, 0.05) is 25.7 Å². The van der Waals surface area contributed by atoms with Crippen LogP contribution in [0.25, 0.3) is 22.4 Å². The lowest BCUT2D eigenvalue weighted by molar-refractivity contribution is 0.325. The van der Waals surface area contributed by atoms with Gasteiger partial charge in [0.25, 0.3) is 0 Å². The summed E-state index contributed by atoms with van der Waals surface area (Å²) >= 11 is 0. The quantitative estimate of drug-likeness (QED) is 0.431. The maximum Gasteiger partial charge on any atom is 0.164 e. The number of fused-ring (bicyclic) bond motifs is 1. The van der Waals surface area contributed by atoms with Gasteiger partial charge >= 0.3 is 0 Å². The van der Waals surface area contributed by atoms with Crippen LogP contribution in [0.1, 0.15) is 25.0 Å². The van der Waals surface area contributed by atoms with Gasteiger partial charge < -0.3 is 15.4 Å². The van der Waals surface area contributed by atoms with Gasteiger partial charge in [0.2, 0.25) is 0 Å². The molecular weight excluding hydrogens is 400 g/mol. The predicted octanol–water partition coefficient (Wildman–Crippen LogP) is 4.05. The minimum Gasteiger partial charge on any atom is -0.492 e. The first-order valence-electron chi connectivity index (χ1n) is 11.1. The number of aryl methyl sites for hydroxylation is 2. The third-order valence-corrected chi connectivity index (χ3v) is 5.61. The molecule has 2 N–H and O–H groups in total. The zero-order chi connectivity index (χ0) is 22.5. The minimum atomic E-state index is 0.529. The number of nitrogens with two attached hydrogens (primary N) is 1. The molecule has 0 spiro atoms. The molecule has 166 valence electrons. The van der Waals surface area contributed by atoms with Gasteiger partial charge in [-0.1, -0.05) is 43.3 Å². The molecule has 2 heterocycles. The fraction of sp³-hybridized carbons (Fsp3) is 0.320. The maximum absolute atomic E-state index is 5.93. The van der Waals surface area contributed by atoms with E-state index in [-0.39, 0.29) is 0 Å². The zero-order valence-corrected chi connectivity index (χ0v) is 19.0. The van der Waals surface area contributed by atoms with Crippen LogP contribution >= 0.6 is 0 Å². The van der Waals surface area contributed by atoms with Crippen molar-refractivity contribution in [2.75, 3.05) is 25.1 Å². The molecule has 2 aromatic heterocycles. The smallest absolute Gasteiger partial charge is 0.164 e. The summed E-state index contributed by atoms with van der Waals surface area (Å²) < 4.78 is 7.84. The molecule has 0 atom stereocenters. The highest BCUT2D eigenvalue weighted by Crippen LogP contribution is 2.27. The van der Waals surface area contributed by atoms with Crippen molar-refractivity contribution in [3.8, 4) is 17.1 Å². The van der Waals surface area contributed by atoms with Crippen LogP contribution in [0.15, 0.2) is 54.7 Å². The molecule has 4 rings (SSSR count). The van der Waals surface area contributed by atoms with E-state index in [9.17, 15) is 0 Å². The molecule has 32 heavy (non-hydrogen) atoms. The Balaban J connectivity index is 1.58. The third kappa shape index (κ3) is 4.57. The van der Waals surface area contributed by atoms with Gasteiger partial charge in [-0.25, -0.2) is 14.6 Å². The average molecular weight is 431 g/mol. The number of hydrogen-bond acceptors (Lipinski definition) is 6. The van der Waals surface area contributed by atoms with Crippen LogP contribution in [0.4, 0.5) is 5.82 Å². The Kier molecular flexibility index (Phi) is 6.66. The highest BCUT2D eigenvalue weighted by atomic mass is 16.5. The van der Waals surface area contributed by atoms with E-state index >= 15 is 0 Å². The van der Waals surface area contributed by atoms with E-state index in [1.54, 1.807) is 0 Å². The molecule has 0 saturated heterocycles. The summed E-state index contributed by atoms with van der Waals surface area (Å²) in [5, 5.41) is 5.45. The Labute approximate surface area is 188 Å². The largest absolute Gasteiger partial charge is 0.492 e. The summed E-state index contributed by atoms with van der Waals surface area (Å²) in [6.07, 6.45) is 2.85. The van der Waals surface area contributed by atoms with Crippen LogP contribution in [-0.2, 0) is 19.5 Å². The van der Waals surface area contributed by atoms with E-state index in [1.807, 2.05) is 42.2 Å². The van der Waals surface area contributed by atoms with Crippen molar-refractivity contribution in [1.82, 2.24) is 19.7 Å². The highest BCUT2D eigenvalue weighted by molar-refractivity contribution is 5.88. The van der Waals surface area contributed by atoms with Crippen LogP contribution in [-0.4, -0.2) is 39.9 Å². The Bertz CT molecular complexity index is 1170. The van der Waals surface area contributed by atoms with Crippen molar-refractivity contribution in [2.45, 2.75) is 33.4 Å². The van der Waals surface area contributed by atoms with Gasteiger partial charge in [0.1, 0.15) is 18.2 Å². The first-order valence-corrected chi connectivity index (χ1v) is 11.1. The Morgan fingerprint density at radius 1 is 0.969 bits per heavy atom. The molecule has 0 saturated carbocycles. The lowest BCUT2D eigenvalue weighted by Crippen LogP contribution is -2.25. The van der Waals surface area contributed by atoms with Crippen LogP contribution in [0.5, 0.6) is 5.75 Å². The minimum absolute atomic E-state index is 0.529. The van der Waals surface area contributed by atoms with E-state index < -0.39 is 0 Å². The second-order valence-corrected chi connectivity index (χ2v) is 7.74. The van der Waals surface area contributed by atoms with Crippen LogP contribution in [0.3, 0.4) is 0 Å². The monoisotopic (exact) mass is 430 g/mol. The fourth-order valence-electron chi connectivity index (χ4n) is 3.61. The Morgan fingerprint density at radius 3 is 2.34 bits per heavy atom. The molecule has 0 aliphatic rings. The first kappa shape index (κ1) is 21.8. The summed E-state index contributed by atoms with van der Waals surface area (Å²) in [7, 11) is 2.02. The fourth-order valence-corrected chi connectivity index (χ4v) is 3.61. The van der Waals surface area contributed by atoms with E-state index in [0.29, 0.717) is 25.5 Å². The van der Waals surface area contributed by atoms with Crippen molar-refractivity contribution < 1.29 is 4.74 Å². The third-order valence-electron chi connectivity index (χ3n) is 5.61. The van der Waals surface area contributed by atoms with Crippen molar-refractivity contribution >= 4 is 16.9 Å². The van der Waals surface area contributed by atoms with Crippen molar-refractivity contribution in [1.29, 1.82) is 0 Å². The number of aromatic nitrogens is 4. The molecular formula is C25H30N6O. The molecule has 0 amide bonds. The van der Waals surface area contributed by atoms with Crippen LogP contribution in [0.2, 0.25) is 0 Å². The number of likely N-dealkylation sites (N-methyl/N-ethyl adjacent to an activating group) is 1. The second-order valence-electron chi connectivity index (χ2n) is 7.74. The maximum atomic E-state index is 5.93. The van der Waals surface area contributed by atoms with Crippen LogP contribution in [0, 0.1) is 0 Å². The molecule has 0 fully saturated rings. The van der Waals surface area contributed by atoms with Gasteiger partial charge in [0.05, 0.1) is 18.1 Å². The van der Waals surface area contributed by atoms with Crippen molar-refractivity contribution in [3.63, 3.8) is 0 Å².